The highest BCUT2D eigenvalue weighted by molar-refractivity contribution is 9.10. The molecular formula is C13H17BrN2O3. The van der Waals surface area contributed by atoms with Gasteiger partial charge in [0.25, 0.3) is 0 Å². The zero-order valence-electron chi connectivity index (χ0n) is 11.0. The number of methoxy groups -OCH3 is 1. The first kappa shape index (κ1) is 15.5. The fraction of sp³-hybridized carbons (Fsp3) is 0.385. The van der Waals surface area contributed by atoms with Crippen molar-refractivity contribution >= 4 is 27.7 Å². The summed E-state index contributed by atoms with van der Waals surface area (Å²) in [6.45, 7) is -0.0611. The summed E-state index contributed by atoms with van der Waals surface area (Å²) >= 11 is 3.38. The number of likely N-dealkylation sites (N-methyl/N-ethyl adjacent to an activating group) is 1. The number of primary amides is 1. The zero-order valence-corrected chi connectivity index (χ0v) is 12.6. The average molecular weight is 329 g/mol. The Labute approximate surface area is 120 Å². The topological polar surface area (TPSA) is 72.6 Å². The van der Waals surface area contributed by atoms with Gasteiger partial charge in [0.1, 0.15) is 5.75 Å². The second-order valence-corrected chi connectivity index (χ2v) is 5.09. The minimum absolute atomic E-state index is 0.0611. The van der Waals surface area contributed by atoms with Crippen LogP contribution in [-0.2, 0) is 16.0 Å². The average Bonchev–Trinajstić information content (AvgIpc) is 2.35. The number of ether oxygens (including phenoxy) is 1. The summed E-state index contributed by atoms with van der Waals surface area (Å²) in [5.41, 5.74) is 5.99. The van der Waals surface area contributed by atoms with Crippen LogP contribution in [0.2, 0.25) is 0 Å². The molecule has 0 unspecified atom stereocenters. The minimum Gasteiger partial charge on any atom is -0.496 e. The molecule has 0 bridgehead atoms. The summed E-state index contributed by atoms with van der Waals surface area (Å²) < 4.78 is 6.17. The van der Waals surface area contributed by atoms with Crippen molar-refractivity contribution in [3.8, 4) is 5.75 Å². The summed E-state index contributed by atoms with van der Waals surface area (Å²) in [5, 5.41) is 0. The van der Waals surface area contributed by atoms with Crippen molar-refractivity contribution in [2.24, 2.45) is 5.73 Å². The Morgan fingerprint density at radius 2 is 2.11 bits per heavy atom. The van der Waals surface area contributed by atoms with Crippen molar-refractivity contribution in [3.05, 3.63) is 28.2 Å². The minimum atomic E-state index is -0.518. The molecule has 0 atom stereocenters. The Morgan fingerprint density at radius 1 is 1.42 bits per heavy atom. The maximum absolute atomic E-state index is 11.8. The van der Waals surface area contributed by atoms with Gasteiger partial charge in [-0.1, -0.05) is 15.9 Å². The highest BCUT2D eigenvalue weighted by Crippen LogP contribution is 2.24. The smallest absolute Gasteiger partial charge is 0.237 e. The summed E-state index contributed by atoms with van der Waals surface area (Å²) in [6, 6.07) is 5.64. The molecule has 104 valence electrons. The maximum Gasteiger partial charge on any atom is 0.237 e. The van der Waals surface area contributed by atoms with E-state index in [1.54, 1.807) is 14.2 Å². The highest BCUT2D eigenvalue weighted by atomic mass is 79.9. The molecule has 1 rings (SSSR count). The molecule has 0 aromatic heterocycles. The second kappa shape index (κ2) is 7.13. The van der Waals surface area contributed by atoms with Gasteiger partial charge in [-0.3, -0.25) is 9.59 Å². The molecule has 0 aliphatic heterocycles. The summed E-state index contributed by atoms with van der Waals surface area (Å²) in [7, 11) is 3.15. The van der Waals surface area contributed by atoms with Crippen molar-refractivity contribution in [3.63, 3.8) is 0 Å². The van der Waals surface area contributed by atoms with E-state index < -0.39 is 5.91 Å². The molecule has 0 aliphatic carbocycles. The number of nitrogens with zero attached hydrogens (tertiary/aromatic N) is 1. The number of nitrogens with two attached hydrogens (primary N) is 1. The van der Waals surface area contributed by atoms with Crippen LogP contribution in [0.1, 0.15) is 12.0 Å². The van der Waals surface area contributed by atoms with Gasteiger partial charge in [-0.05, 0) is 30.2 Å². The van der Waals surface area contributed by atoms with E-state index in [4.69, 9.17) is 10.5 Å². The van der Waals surface area contributed by atoms with Gasteiger partial charge >= 0.3 is 0 Å². The summed E-state index contributed by atoms with van der Waals surface area (Å²) in [4.78, 5) is 23.9. The molecule has 0 aliphatic rings. The standard InChI is InChI=1S/C13H17BrN2O3/c1-16(8-12(15)17)13(18)6-3-9-7-10(14)4-5-11(9)19-2/h4-5,7H,3,6,8H2,1-2H3,(H2,15,17). The Balaban J connectivity index is 2.63. The highest BCUT2D eigenvalue weighted by Gasteiger charge is 2.12. The molecule has 0 saturated carbocycles. The van der Waals surface area contributed by atoms with E-state index in [1.165, 1.54) is 4.90 Å². The quantitative estimate of drug-likeness (QED) is 0.856. The van der Waals surface area contributed by atoms with E-state index >= 15 is 0 Å². The van der Waals surface area contributed by atoms with E-state index in [1.807, 2.05) is 18.2 Å². The molecule has 5 nitrogen and oxygen atoms in total. The van der Waals surface area contributed by atoms with Crippen LogP contribution in [-0.4, -0.2) is 37.4 Å². The SMILES string of the molecule is COc1ccc(Br)cc1CCC(=O)N(C)CC(N)=O. The Morgan fingerprint density at radius 3 is 2.68 bits per heavy atom. The fourth-order valence-corrected chi connectivity index (χ4v) is 2.11. The van der Waals surface area contributed by atoms with Gasteiger partial charge in [0.2, 0.25) is 11.8 Å². The van der Waals surface area contributed by atoms with Crippen LogP contribution < -0.4 is 10.5 Å². The molecule has 2 N–H and O–H groups in total. The molecule has 0 heterocycles. The van der Waals surface area contributed by atoms with E-state index in [9.17, 15) is 9.59 Å². The molecule has 2 amide bonds. The third-order valence-electron chi connectivity index (χ3n) is 2.67. The molecule has 0 saturated heterocycles. The van der Waals surface area contributed by atoms with E-state index in [0.717, 1.165) is 15.8 Å². The summed E-state index contributed by atoms with van der Waals surface area (Å²) in [5.74, 6) is 0.102. The van der Waals surface area contributed by atoms with Gasteiger partial charge in [-0.25, -0.2) is 0 Å². The summed E-state index contributed by atoms with van der Waals surface area (Å²) in [6.07, 6.45) is 0.848. The largest absolute Gasteiger partial charge is 0.496 e. The molecular weight excluding hydrogens is 312 g/mol. The van der Waals surface area contributed by atoms with Crippen molar-refractivity contribution in [1.29, 1.82) is 0 Å². The lowest BCUT2D eigenvalue weighted by Crippen LogP contribution is -2.35. The molecule has 6 heteroatoms. The normalized spacial score (nSPS) is 10.1. The van der Waals surface area contributed by atoms with Crippen molar-refractivity contribution in [2.75, 3.05) is 20.7 Å². The molecule has 0 spiro atoms. The van der Waals surface area contributed by atoms with Crippen LogP contribution in [0, 0.1) is 0 Å². The van der Waals surface area contributed by atoms with E-state index in [2.05, 4.69) is 15.9 Å². The third-order valence-corrected chi connectivity index (χ3v) is 3.16. The Hall–Kier alpha value is -1.56. The Bertz CT molecular complexity index is 477. The van der Waals surface area contributed by atoms with Crippen molar-refractivity contribution in [1.82, 2.24) is 4.90 Å². The maximum atomic E-state index is 11.8. The molecule has 0 radical (unpaired) electrons. The van der Waals surface area contributed by atoms with Crippen LogP contribution in [0.15, 0.2) is 22.7 Å². The number of rotatable bonds is 6. The van der Waals surface area contributed by atoms with Crippen LogP contribution in [0.25, 0.3) is 0 Å². The number of benzene rings is 1. The third kappa shape index (κ3) is 4.90. The number of aryl methyl sites for hydroxylation is 1. The van der Waals surface area contributed by atoms with Gasteiger partial charge < -0.3 is 15.4 Å². The monoisotopic (exact) mass is 328 g/mol. The molecule has 19 heavy (non-hydrogen) atoms. The number of hydrogen-bond donors (Lipinski definition) is 1. The molecule has 1 aromatic carbocycles. The molecule has 0 fully saturated rings. The first-order chi connectivity index (χ1) is 8.93. The van der Waals surface area contributed by atoms with Gasteiger partial charge in [0, 0.05) is 17.9 Å². The zero-order chi connectivity index (χ0) is 14.4. The number of halogens is 1. The van der Waals surface area contributed by atoms with Gasteiger partial charge in [0.05, 0.1) is 13.7 Å². The molecule has 1 aromatic rings. The predicted molar refractivity (Wildman–Crippen MR) is 75.8 cm³/mol. The van der Waals surface area contributed by atoms with Crippen molar-refractivity contribution in [2.45, 2.75) is 12.8 Å². The van der Waals surface area contributed by atoms with Gasteiger partial charge in [-0.15, -0.1) is 0 Å². The van der Waals surface area contributed by atoms with Gasteiger partial charge in [0.15, 0.2) is 0 Å². The predicted octanol–water partition coefficient (Wildman–Crippen LogP) is 1.33. The Kier molecular flexibility index (Phi) is 5.82. The van der Waals surface area contributed by atoms with E-state index in [0.29, 0.717) is 12.8 Å². The lowest BCUT2D eigenvalue weighted by molar-refractivity contribution is -0.133. The van der Waals surface area contributed by atoms with Crippen LogP contribution in [0.5, 0.6) is 5.75 Å². The van der Waals surface area contributed by atoms with Gasteiger partial charge in [-0.2, -0.15) is 0 Å². The van der Waals surface area contributed by atoms with Crippen LogP contribution in [0.4, 0.5) is 0 Å². The lowest BCUT2D eigenvalue weighted by Gasteiger charge is -2.15. The number of carbonyl (C=O) groups excluding carboxylic acids is 2. The van der Waals surface area contributed by atoms with E-state index in [-0.39, 0.29) is 12.5 Å². The number of amides is 2. The first-order valence-electron chi connectivity index (χ1n) is 5.78. The van der Waals surface area contributed by atoms with Crippen LogP contribution in [0.3, 0.4) is 0 Å². The first-order valence-corrected chi connectivity index (χ1v) is 6.58. The fourth-order valence-electron chi connectivity index (χ4n) is 1.70. The van der Waals surface area contributed by atoms with Crippen molar-refractivity contribution < 1.29 is 14.3 Å². The number of hydrogen-bond acceptors (Lipinski definition) is 3. The second-order valence-electron chi connectivity index (χ2n) is 4.17. The van der Waals surface area contributed by atoms with Crippen LogP contribution >= 0.6 is 15.9 Å². The number of carbonyl (C=O) groups is 2. The lowest BCUT2D eigenvalue weighted by atomic mass is 10.1.